The van der Waals surface area contributed by atoms with Crippen LogP contribution in [-0.2, 0) is 0 Å². The second-order valence-corrected chi connectivity index (χ2v) is 7.05. The van der Waals surface area contributed by atoms with Crippen LogP contribution < -0.4 is 10.6 Å². The van der Waals surface area contributed by atoms with Crippen molar-refractivity contribution in [2.75, 3.05) is 11.9 Å². The van der Waals surface area contributed by atoms with Crippen molar-refractivity contribution in [3.05, 3.63) is 89.5 Å². The number of nitrogens with one attached hydrogen (secondary N) is 4. The SMILES string of the molecule is CCN(C=N)C(=N)c1cccc(NC(=O)NC2c3ccccc3-c3ccccc32)c1. The van der Waals surface area contributed by atoms with Gasteiger partial charge in [-0.2, -0.15) is 0 Å². The van der Waals surface area contributed by atoms with Crippen molar-refractivity contribution < 1.29 is 4.79 Å². The molecule has 3 aromatic carbocycles. The molecule has 0 aromatic heterocycles. The fourth-order valence-corrected chi connectivity index (χ4v) is 3.83. The maximum atomic E-state index is 12.8. The molecule has 1 aliphatic rings. The van der Waals surface area contributed by atoms with Gasteiger partial charge in [-0.15, -0.1) is 0 Å². The van der Waals surface area contributed by atoms with Crippen molar-refractivity contribution in [3.8, 4) is 11.1 Å². The number of hydrogen-bond acceptors (Lipinski definition) is 3. The molecular formula is C24H23N5O. The van der Waals surface area contributed by atoms with Crippen LogP contribution in [0.3, 0.4) is 0 Å². The van der Waals surface area contributed by atoms with E-state index in [2.05, 4.69) is 22.8 Å². The smallest absolute Gasteiger partial charge is 0.319 e. The Labute approximate surface area is 175 Å². The minimum Gasteiger partial charge on any atom is -0.327 e. The van der Waals surface area contributed by atoms with Gasteiger partial charge in [0.15, 0.2) is 0 Å². The van der Waals surface area contributed by atoms with E-state index in [1.54, 1.807) is 24.3 Å². The molecule has 0 saturated heterocycles. The highest BCUT2D eigenvalue weighted by molar-refractivity contribution is 6.03. The van der Waals surface area contributed by atoms with E-state index in [9.17, 15) is 4.79 Å². The molecule has 6 nitrogen and oxygen atoms in total. The third-order valence-corrected chi connectivity index (χ3v) is 5.29. The van der Waals surface area contributed by atoms with Gasteiger partial charge in [-0.25, -0.2) is 4.79 Å². The Morgan fingerprint density at radius 3 is 2.23 bits per heavy atom. The number of nitrogens with zero attached hydrogens (tertiary/aromatic N) is 1. The van der Waals surface area contributed by atoms with Gasteiger partial charge in [0.1, 0.15) is 5.84 Å². The molecule has 0 radical (unpaired) electrons. The summed E-state index contributed by atoms with van der Waals surface area (Å²) in [5.41, 5.74) is 5.66. The predicted molar refractivity (Wildman–Crippen MR) is 120 cm³/mol. The Hall–Kier alpha value is -3.93. The van der Waals surface area contributed by atoms with Gasteiger partial charge in [-0.1, -0.05) is 60.7 Å². The summed E-state index contributed by atoms with van der Waals surface area (Å²) in [4.78, 5) is 14.3. The van der Waals surface area contributed by atoms with Gasteiger partial charge in [0.2, 0.25) is 0 Å². The predicted octanol–water partition coefficient (Wildman–Crippen LogP) is 4.83. The molecule has 150 valence electrons. The van der Waals surface area contributed by atoms with E-state index in [-0.39, 0.29) is 17.9 Å². The molecule has 30 heavy (non-hydrogen) atoms. The van der Waals surface area contributed by atoms with Crippen LogP contribution in [0.2, 0.25) is 0 Å². The number of carbonyl (C=O) groups is 1. The zero-order valence-electron chi connectivity index (χ0n) is 16.6. The first-order valence-corrected chi connectivity index (χ1v) is 9.84. The second kappa shape index (κ2) is 8.21. The summed E-state index contributed by atoms with van der Waals surface area (Å²) >= 11 is 0. The molecule has 2 amide bonds. The standard InChI is InChI=1S/C24H23N5O/c1-2-29(15-25)23(26)16-8-7-9-17(14-16)27-24(30)28-22-20-12-5-3-10-18(20)19-11-4-6-13-21(19)22/h3-15,22,25-26H,2H2,1H3,(H2,27,28,30). The monoisotopic (exact) mass is 397 g/mol. The van der Waals surface area contributed by atoms with E-state index in [0.717, 1.165) is 28.6 Å². The maximum Gasteiger partial charge on any atom is 0.319 e. The van der Waals surface area contributed by atoms with Gasteiger partial charge in [0.25, 0.3) is 0 Å². The van der Waals surface area contributed by atoms with Crippen LogP contribution in [0.4, 0.5) is 10.5 Å². The van der Waals surface area contributed by atoms with Gasteiger partial charge in [-0.3, -0.25) is 10.8 Å². The molecule has 3 aromatic rings. The summed E-state index contributed by atoms with van der Waals surface area (Å²) < 4.78 is 0. The number of hydrogen-bond donors (Lipinski definition) is 4. The van der Waals surface area contributed by atoms with Crippen molar-refractivity contribution in [1.82, 2.24) is 10.2 Å². The molecule has 0 saturated carbocycles. The summed E-state index contributed by atoms with van der Waals surface area (Å²) in [6.45, 7) is 2.41. The van der Waals surface area contributed by atoms with Crippen LogP contribution in [0.1, 0.15) is 29.7 Å². The van der Waals surface area contributed by atoms with E-state index in [1.807, 2.05) is 43.3 Å². The van der Waals surface area contributed by atoms with Crippen molar-refractivity contribution in [1.29, 1.82) is 10.8 Å². The number of benzene rings is 3. The molecule has 0 spiro atoms. The highest BCUT2D eigenvalue weighted by atomic mass is 16.2. The highest BCUT2D eigenvalue weighted by Gasteiger charge is 2.29. The molecule has 1 aliphatic carbocycles. The van der Waals surface area contributed by atoms with Crippen LogP contribution in [0.25, 0.3) is 11.1 Å². The first-order chi connectivity index (χ1) is 14.6. The largest absolute Gasteiger partial charge is 0.327 e. The van der Waals surface area contributed by atoms with Gasteiger partial charge in [0.05, 0.1) is 12.4 Å². The average Bonchev–Trinajstić information content (AvgIpc) is 3.08. The normalized spacial score (nSPS) is 11.9. The van der Waals surface area contributed by atoms with Crippen molar-refractivity contribution >= 4 is 23.9 Å². The zero-order chi connectivity index (χ0) is 21.1. The number of anilines is 1. The van der Waals surface area contributed by atoms with Crippen molar-refractivity contribution in [2.24, 2.45) is 0 Å². The number of amides is 2. The maximum absolute atomic E-state index is 12.8. The minimum absolute atomic E-state index is 0.215. The van der Waals surface area contributed by atoms with Gasteiger partial charge in [-0.05, 0) is 41.3 Å². The van der Waals surface area contributed by atoms with E-state index in [0.29, 0.717) is 17.8 Å². The van der Waals surface area contributed by atoms with Crippen LogP contribution in [-0.4, -0.2) is 29.6 Å². The summed E-state index contributed by atoms with van der Waals surface area (Å²) in [6, 6.07) is 22.8. The second-order valence-electron chi connectivity index (χ2n) is 7.05. The van der Waals surface area contributed by atoms with Gasteiger partial charge >= 0.3 is 6.03 Å². The Morgan fingerprint density at radius 1 is 1.00 bits per heavy atom. The Morgan fingerprint density at radius 2 is 1.63 bits per heavy atom. The Bertz CT molecular complexity index is 1080. The molecule has 6 heteroatoms. The Balaban J connectivity index is 1.53. The van der Waals surface area contributed by atoms with Crippen molar-refractivity contribution in [2.45, 2.75) is 13.0 Å². The molecule has 0 aliphatic heterocycles. The summed E-state index contributed by atoms with van der Waals surface area (Å²) in [5, 5.41) is 21.6. The highest BCUT2D eigenvalue weighted by Crippen LogP contribution is 2.42. The lowest BCUT2D eigenvalue weighted by Gasteiger charge is -2.19. The number of carbonyl (C=O) groups excluding carboxylic acids is 1. The van der Waals surface area contributed by atoms with E-state index in [4.69, 9.17) is 10.8 Å². The quantitative estimate of drug-likeness (QED) is 0.367. The fraction of sp³-hybridized carbons (Fsp3) is 0.125. The average molecular weight is 397 g/mol. The van der Waals surface area contributed by atoms with Crippen LogP contribution in [0.15, 0.2) is 72.8 Å². The third kappa shape index (κ3) is 3.55. The van der Waals surface area contributed by atoms with E-state index >= 15 is 0 Å². The summed E-state index contributed by atoms with van der Waals surface area (Å²) in [6.07, 6.45) is 1.13. The van der Waals surface area contributed by atoms with Crippen LogP contribution >= 0.6 is 0 Å². The molecule has 0 unspecified atom stereocenters. The number of amidine groups is 1. The fourth-order valence-electron chi connectivity index (χ4n) is 3.83. The minimum atomic E-state index is -0.311. The summed E-state index contributed by atoms with van der Waals surface area (Å²) in [7, 11) is 0. The lowest BCUT2D eigenvalue weighted by Crippen LogP contribution is -2.32. The number of fused-ring (bicyclic) bond motifs is 3. The molecular weight excluding hydrogens is 374 g/mol. The number of rotatable bonds is 5. The molecule has 0 fully saturated rings. The van der Waals surface area contributed by atoms with Crippen LogP contribution in [0.5, 0.6) is 0 Å². The molecule has 0 bridgehead atoms. The molecule has 0 atom stereocenters. The zero-order valence-corrected chi connectivity index (χ0v) is 16.6. The van der Waals surface area contributed by atoms with Gasteiger partial charge in [0, 0.05) is 17.8 Å². The molecule has 4 rings (SSSR count). The first kappa shape index (κ1) is 19.4. The Kier molecular flexibility index (Phi) is 5.30. The lowest BCUT2D eigenvalue weighted by molar-refractivity contribution is 0.250. The third-order valence-electron chi connectivity index (χ3n) is 5.29. The first-order valence-electron chi connectivity index (χ1n) is 9.84. The van der Waals surface area contributed by atoms with E-state index < -0.39 is 0 Å². The molecule has 0 heterocycles. The topological polar surface area (TPSA) is 92.1 Å². The van der Waals surface area contributed by atoms with E-state index in [1.165, 1.54) is 4.90 Å². The van der Waals surface area contributed by atoms with Crippen LogP contribution in [0, 0.1) is 10.8 Å². The lowest BCUT2D eigenvalue weighted by atomic mass is 10.1. The molecule has 4 N–H and O–H groups in total. The summed E-state index contributed by atoms with van der Waals surface area (Å²) in [5.74, 6) is 0.218. The van der Waals surface area contributed by atoms with Gasteiger partial charge < -0.3 is 15.5 Å². The number of urea groups is 1. The van der Waals surface area contributed by atoms with Crippen molar-refractivity contribution in [3.63, 3.8) is 0 Å².